The summed E-state index contributed by atoms with van der Waals surface area (Å²) in [6, 6.07) is 4.59. The Labute approximate surface area is 118 Å². The van der Waals surface area contributed by atoms with Crippen molar-refractivity contribution in [2.24, 2.45) is 0 Å². The number of fused-ring (bicyclic) bond motifs is 1. The maximum atomic E-state index is 13.3. The summed E-state index contributed by atoms with van der Waals surface area (Å²) in [5, 5.41) is 3.05. The minimum Gasteiger partial charge on any atom is -0.399 e. The van der Waals surface area contributed by atoms with Gasteiger partial charge in [0.1, 0.15) is 5.82 Å². The first-order valence-electron chi connectivity index (χ1n) is 7.24. The van der Waals surface area contributed by atoms with E-state index in [1.165, 1.54) is 31.0 Å². The van der Waals surface area contributed by atoms with Gasteiger partial charge < -0.3 is 11.1 Å². The van der Waals surface area contributed by atoms with Gasteiger partial charge in [-0.05, 0) is 44.0 Å². The van der Waals surface area contributed by atoms with E-state index in [1.807, 2.05) is 0 Å². The highest BCUT2D eigenvalue weighted by Crippen LogP contribution is 2.27. The molecule has 4 nitrogen and oxygen atoms in total. The minimum atomic E-state index is -0.471. The first kappa shape index (κ1) is 13.4. The summed E-state index contributed by atoms with van der Waals surface area (Å²) in [6.45, 7) is 2.17. The van der Waals surface area contributed by atoms with Crippen LogP contribution in [-0.4, -0.2) is 36.0 Å². The number of amides is 1. The zero-order valence-electron chi connectivity index (χ0n) is 11.4. The van der Waals surface area contributed by atoms with Crippen LogP contribution in [0.5, 0.6) is 0 Å². The van der Waals surface area contributed by atoms with Crippen LogP contribution in [0.15, 0.2) is 18.2 Å². The number of nitrogens with two attached hydrogens (primary N) is 1. The molecule has 2 heterocycles. The summed E-state index contributed by atoms with van der Waals surface area (Å²) in [5.74, 6) is -0.700. The van der Waals surface area contributed by atoms with Crippen molar-refractivity contribution in [2.45, 2.75) is 37.8 Å². The third-order valence-electron chi connectivity index (χ3n) is 4.35. The maximum absolute atomic E-state index is 13.3. The number of piperidine rings is 1. The van der Waals surface area contributed by atoms with E-state index in [2.05, 4.69) is 10.2 Å². The number of nitrogens with one attached hydrogen (secondary N) is 1. The van der Waals surface area contributed by atoms with Gasteiger partial charge in [0.05, 0.1) is 0 Å². The fourth-order valence-corrected chi connectivity index (χ4v) is 3.41. The molecule has 0 spiro atoms. The molecule has 2 saturated heterocycles. The number of nitrogens with zero attached hydrogens (tertiary/aromatic N) is 1. The predicted molar refractivity (Wildman–Crippen MR) is 75.9 cm³/mol. The van der Waals surface area contributed by atoms with Crippen molar-refractivity contribution in [2.75, 3.05) is 18.8 Å². The van der Waals surface area contributed by atoms with Crippen molar-refractivity contribution < 1.29 is 9.18 Å². The standard InChI is InChI=1S/C15H20FN3O/c16-11-7-10(8-12(17)9-11)15(20)18-13-4-6-19-5-2-1-3-14(13)19/h7-9,13-14H,1-6,17H2,(H,18,20). The summed E-state index contributed by atoms with van der Waals surface area (Å²) < 4.78 is 13.3. The SMILES string of the molecule is Nc1cc(F)cc(C(=O)NC2CCN3CCCCC23)c1. The third-order valence-corrected chi connectivity index (χ3v) is 4.35. The summed E-state index contributed by atoms with van der Waals surface area (Å²) in [6.07, 6.45) is 4.58. The number of halogens is 1. The van der Waals surface area contributed by atoms with E-state index in [1.54, 1.807) is 0 Å². The van der Waals surface area contributed by atoms with Crippen LogP contribution in [0.25, 0.3) is 0 Å². The van der Waals surface area contributed by atoms with Gasteiger partial charge in [0.25, 0.3) is 5.91 Å². The number of hydrogen-bond donors (Lipinski definition) is 2. The fraction of sp³-hybridized carbons (Fsp3) is 0.533. The Bertz CT molecular complexity index is 500. The van der Waals surface area contributed by atoms with Crippen LogP contribution < -0.4 is 11.1 Å². The molecule has 0 bridgehead atoms. The molecule has 1 aromatic rings. The molecule has 108 valence electrons. The minimum absolute atomic E-state index is 0.173. The van der Waals surface area contributed by atoms with Gasteiger partial charge in [-0.1, -0.05) is 6.42 Å². The first-order valence-corrected chi connectivity index (χ1v) is 7.24. The van der Waals surface area contributed by atoms with Gasteiger partial charge in [-0.2, -0.15) is 0 Å². The number of carbonyl (C=O) groups excluding carboxylic acids is 1. The Balaban J connectivity index is 1.69. The molecule has 0 aliphatic carbocycles. The van der Waals surface area contributed by atoms with Crippen LogP contribution in [0.1, 0.15) is 36.0 Å². The molecule has 1 amide bonds. The Kier molecular flexibility index (Phi) is 3.61. The van der Waals surface area contributed by atoms with Crippen molar-refractivity contribution >= 4 is 11.6 Å². The highest BCUT2D eigenvalue weighted by molar-refractivity contribution is 5.95. The molecule has 2 unspecified atom stereocenters. The Morgan fingerprint density at radius 1 is 1.25 bits per heavy atom. The van der Waals surface area contributed by atoms with E-state index in [9.17, 15) is 9.18 Å². The van der Waals surface area contributed by atoms with Crippen LogP contribution in [-0.2, 0) is 0 Å². The molecule has 2 aliphatic rings. The van der Waals surface area contributed by atoms with Crippen LogP contribution in [0.3, 0.4) is 0 Å². The second-order valence-electron chi connectivity index (χ2n) is 5.74. The van der Waals surface area contributed by atoms with Gasteiger partial charge in [0, 0.05) is 29.9 Å². The van der Waals surface area contributed by atoms with E-state index in [4.69, 9.17) is 5.73 Å². The van der Waals surface area contributed by atoms with Crippen LogP contribution in [0, 0.1) is 5.82 Å². The summed E-state index contributed by atoms with van der Waals surface area (Å²) >= 11 is 0. The molecule has 0 aromatic heterocycles. The lowest BCUT2D eigenvalue weighted by molar-refractivity contribution is 0.0915. The van der Waals surface area contributed by atoms with Gasteiger partial charge in [-0.15, -0.1) is 0 Å². The van der Waals surface area contributed by atoms with Crippen molar-refractivity contribution in [1.29, 1.82) is 0 Å². The molecule has 3 N–H and O–H groups in total. The molecule has 0 saturated carbocycles. The fourth-order valence-electron chi connectivity index (χ4n) is 3.41. The number of carbonyl (C=O) groups is 1. The lowest BCUT2D eigenvalue weighted by Crippen LogP contribution is -2.46. The van der Waals surface area contributed by atoms with Crippen LogP contribution in [0.2, 0.25) is 0 Å². The molecule has 2 aliphatic heterocycles. The zero-order chi connectivity index (χ0) is 14.1. The molecule has 20 heavy (non-hydrogen) atoms. The summed E-state index contributed by atoms with van der Waals surface area (Å²) in [4.78, 5) is 14.7. The molecule has 2 fully saturated rings. The summed E-state index contributed by atoms with van der Waals surface area (Å²) in [7, 11) is 0. The van der Waals surface area contributed by atoms with Gasteiger partial charge in [-0.3, -0.25) is 9.69 Å². The number of benzene rings is 1. The number of nitrogen functional groups attached to an aromatic ring is 1. The lowest BCUT2D eigenvalue weighted by Gasteiger charge is -2.32. The molecule has 5 heteroatoms. The van der Waals surface area contributed by atoms with Gasteiger partial charge >= 0.3 is 0 Å². The molecule has 0 radical (unpaired) electrons. The van der Waals surface area contributed by atoms with E-state index in [-0.39, 0.29) is 17.6 Å². The Morgan fingerprint density at radius 2 is 2.10 bits per heavy atom. The van der Waals surface area contributed by atoms with Crippen molar-refractivity contribution in [3.8, 4) is 0 Å². The molecule has 2 atom stereocenters. The Hall–Kier alpha value is -1.62. The van der Waals surface area contributed by atoms with Crippen molar-refractivity contribution in [3.63, 3.8) is 0 Å². The van der Waals surface area contributed by atoms with E-state index in [0.29, 0.717) is 11.6 Å². The van der Waals surface area contributed by atoms with Crippen LogP contribution in [0.4, 0.5) is 10.1 Å². The van der Waals surface area contributed by atoms with E-state index < -0.39 is 5.82 Å². The number of hydrogen-bond acceptors (Lipinski definition) is 3. The molecular formula is C15H20FN3O. The van der Waals surface area contributed by atoms with Gasteiger partial charge in [-0.25, -0.2) is 4.39 Å². The van der Waals surface area contributed by atoms with E-state index in [0.717, 1.165) is 25.9 Å². The number of anilines is 1. The third kappa shape index (κ3) is 2.63. The lowest BCUT2D eigenvalue weighted by atomic mass is 9.99. The van der Waals surface area contributed by atoms with Crippen LogP contribution >= 0.6 is 0 Å². The zero-order valence-corrected chi connectivity index (χ0v) is 11.4. The predicted octanol–water partition coefficient (Wildman–Crippen LogP) is 1.76. The normalized spacial score (nSPS) is 26.2. The highest BCUT2D eigenvalue weighted by atomic mass is 19.1. The quantitative estimate of drug-likeness (QED) is 0.810. The first-order chi connectivity index (χ1) is 9.63. The molecule has 3 rings (SSSR count). The molecular weight excluding hydrogens is 257 g/mol. The van der Waals surface area contributed by atoms with Gasteiger partial charge in [0.2, 0.25) is 0 Å². The average molecular weight is 277 g/mol. The van der Waals surface area contributed by atoms with Crippen molar-refractivity contribution in [3.05, 3.63) is 29.6 Å². The highest BCUT2D eigenvalue weighted by Gasteiger charge is 2.36. The second kappa shape index (κ2) is 5.40. The maximum Gasteiger partial charge on any atom is 0.251 e. The van der Waals surface area contributed by atoms with E-state index >= 15 is 0 Å². The largest absolute Gasteiger partial charge is 0.399 e. The van der Waals surface area contributed by atoms with Crippen molar-refractivity contribution in [1.82, 2.24) is 10.2 Å². The smallest absolute Gasteiger partial charge is 0.251 e. The molecule has 1 aromatic carbocycles. The second-order valence-corrected chi connectivity index (χ2v) is 5.74. The summed E-state index contributed by atoms with van der Waals surface area (Å²) in [5.41, 5.74) is 6.16. The average Bonchev–Trinajstić information content (AvgIpc) is 2.81. The topological polar surface area (TPSA) is 58.4 Å². The van der Waals surface area contributed by atoms with Gasteiger partial charge in [0.15, 0.2) is 0 Å². The number of rotatable bonds is 2. The Morgan fingerprint density at radius 3 is 2.90 bits per heavy atom. The monoisotopic (exact) mass is 277 g/mol.